The Hall–Kier alpha value is -1.26. The van der Waals surface area contributed by atoms with Gasteiger partial charge < -0.3 is 4.74 Å². The lowest BCUT2D eigenvalue weighted by Gasteiger charge is -2.26. The summed E-state index contributed by atoms with van der Waals surface area (Å²) in [6, 6.07) is 3.34. The quantitative estimate of drug-likeness (QED) is 0.649. The van der Waals surface area contributed by atoms with Crippen molar-refractivity contribution in [2.45, 2.75) is 4.90 Å². The molecule has 0 atom stereocenters. The number of morpholine rings is 1. The number of hydrazine groups is 1. The Kier molecular flexibility index (Phi) is 4.55. The third kappa shape index (κ3) is 3.44. The summed E-state index contributed by atoms with van der Waals surface area (Å²) in [5.74, 6) is 0. The zero-order valence-electron chi connectivity index (χ0n) is 10.3. The molecule has 1 aliphatic heterocycles. The van der Waals surface area contributed by atoms with Gasteiger partial charge in [-0.15, -0.1) is 4.83 Å². The number of nitro groups is 1. The van der Waals surface area contributed by atoms with Gasteiger partial charge in [-0.05, 0) is 12.1 Å². The van der Waals surface area contributed by atoms with E-state index < -0.39 is 20.6 Å². The summed E-state index contributed by atoms with van der Waals surface area (Å²) < 4.78 is 29.4. The van der Waals surface area contributed by atoms with Crippen LogP contribution in [0.2, 0.25) is 5.02 Å². The zero-order valence-corrected chi connectivity index (χ0v) is 11.9. The van der Waals surface area contributed by atoms with E-state index in [0.29, 0.717) is 26.3 Å². The van der Waals surface area contributed by atoms with Crippen molar-refractivity contribution >= 4 is 27.3 Å². The molecule has 110 valence electrons. The molecule has 1 aromatic carbocycles. The van der Waals surface area contributed by atoms with E-state index in [0.717, 1.165) is 6.07 Å². The monoisotopic (exact) mass is 321 g/mol. The standard InChI is InChI=1S/C10H12ClN3O5S/c11-9-2-1-8(7-10(9)14(15)16)20(17,18)12-13-3-5-19-6-4-13/h1-2,7,12H,3-6H2. The van der Waals surface area contributed by atoms with Crippen molar-refractivity contribution in [3.8, 4) is 0 Å². The molecule has 0 aliphatic carbocycles. The number of ether oxygens (including phenoxy) is 1. The molecule has 0 unspecified atom stereocenters. The summed E-state index contributed by atoms with van der Waals surface area (Å²) in [7, 11) is -3.88. The zero-order chi connectivity index (χ0) is 14.8. The van der Waals surface area contributed by atoms with Crippen LogP contribution in [0.15, 0.2) is 23.1 Å². The summed E-state index contributed by atoms with van der Waals surface area (Å²) in [6.07, 6.45) is 0. The number of nitrogens with zero attached hydrogens (tertiary/aromatic N) is 2. The number of hydrogen-bond acceptors (Lipinski definition) is 6. The second-order valence-electron chi connectivity index (χ2n) is 4.06. The minimum absolute atomic E-state index is 0.111. The highest BCUT2D eigenvalue weighted by Crippen LogP contribution is 2.27. The molecule has 1 heterocycles. The molecule has 1 aromatic rings. The molecule has 0 amide bonds. The molecule has 1 saturated heterocycles. The van der Waals surface area contributed by atoms with Crippen LogP contribution in [-0.2, 0) is 14.8 Å². The van der Waals surface area contributed by atoms with Crippen molar-refractivity contribution in [1.29, 1.82) is 0 Å². The smallest absolute Gasteiger partial charge is 0.289 e. The number of nitro benzene ring substituents is 1. The van der Waals surface area contributed by atoms with Gasteiger partial charge in [-0.2, -0.15) is 0 Å². The predicted octanol–water partition coefficient (Wildman–Crippen LogP) is 0.774. The predicted molar refractivity (Wildman–Crippen MR) is 70.8 cm³/mol. The molecular weight excluding hydrogens is 310 g/mol. The fourth-order valence-corrected chi connectivity index (χ4v) is 3.01. The van der Waals surface area contributed by atoms with Crippen LogP contribution in [0.4, 0.5) is 5.69 Å². The fraction of sp³-hybridized carbons (Fsp3) is 0.400. The van der Waals surface area contributed by atoms with Gasteiger partial charge >= 0.3 is 0 Å². The van der Waals surface area contributed by atoms with Crippen molar-refractivity contribution in [2.24, 2.45) is 0 Å². The van der Waals surface area contributed by atoms with Crippen LogP contribution in [0.3, 0.4) is 0 Å². The van der Waals surface area contributed by atoms with Gasteiger partial charge in [0.05, 0.1) is 23.0 Å². The van der Waals surface area contributed by atoms with Crippen LogP contribution in [0.5, 0.6) is 0 Å². The molecule has 10 heteroatoms. The highest BCUT2D eigenvalue weighted by Gasteiger charge is 2.23. The number of benzene rings is 1. The van der Waals surface area contributed by atoms with Gasteiger partial charge in [0.1, 0.15) is 5.02 Å². The third-order valence-corrected chi connectivity index (χ3v) is 4.38. The third-order valence-electron chi connectivity index (χ3n) is 2.68. The van der Waals surface area contributed by atoms with E-state index in [1.54, 1.807) is 0 Å². The van der Waals surface area contributed by atoms with Crippen LogP contribution in [0, 0.1) is 10.1 Å². The average molecular weight is 322 g/mol. The van der Waals surface area contributed by atoms with Crippen LogP contribution in [0.25, 0.3) is 0 Å². The van der Waals surface area contributed by atoms with Crippen molar-refractivity contribution in [3.63, 3.8) is 0 Å². The van der Waals surface area contributed by atoms with E-state index in [2.05, 4.69) is 4.83 Å². The van der Waals surface area contributed by atoms with Crippen molar-refractivity contribution < 1.29 is 18.1 Å². The lowest BCUT2D eigenvalue weighted by Crippen LogP contribution is -2.48. The summed E-state index contributed by atoms with van der Waals surface area (Å²) in [6.45, 7) is 1.66. The van der Waals surface area contributed by atoms with E-state index in [4.69, 9.17) is 16.3 Å². The van der Waals surface area contributed by atoms with Gasteiger partial charge in [-0.1, -0.05) is 11.6 Å². The van der Waals surface area contributed by atoms with Crippen molar-refractivity contribution in [3.05, 3.63) is 33.3 Å². The minimum atomic E-state index is -3.88. The lowest BCUT2D eigenvalue weighted by molar-refractivity contribution is -0.384. The molecule has 1 fully saturated rings. The van der Waals surface area contributed by atoms with Crippen LogP contribution in [-0.4, -0.2) is 44.7 Å². The molecule has 2 rings (SSSR count). The maximum Gasteiger partial charge on any atom is 0.289 e. The van der Waals surface area contributed by atoms with Gasteiger partial charge in [0.25, 0.3) is 15.7 Å². The van der Waals surface area contributed by atoms with E-state index in [1.807, 2.05) is 0 Å². The fourth-order valence-electron chi connectivity index (χ4n) is 1.68. The Bertz CT molecular complexity index is 615. The first-order valence-corrected chi connectivity index (χ1v) is 7.55. The summed E-state index contributed by atoms with van der Waals surface area (Å²) >= 11 is 5.65. The first-order valence-electron chi connectivity index (χ1n) is 5.69. The maximum atomic E-state index is 12.1. The first-order chi connectivity index (χ1) is 9.40. The summed E-state index contributed by atoms with van der Waals surface area (Å²) in [5, 5.41) is 12.1. The number of rotatable bonds is 4. The minimum Gasteiger partial charge on any atom is -0.379 e. The van der Waals surface area contributed by atoms with E-state index in [9.17, 15) is 18.5 Å². The van der Waals surface area contributed by atoms with Gasteiger partial charge in [0, 0.05) is 19.2 Å². The molecule has 8 nitrogen and oxygen atoms in total. The highest BCUT2D eigenvalue weighted by atomic mass is 35.5. The molecular formula is C10H12ClN3O5S. The van der Waals surface area contributed by atoms with Crippen LogP contribution < -0.4 is 4.83 Å². The number of sulfonamides is 1. The van der Waals surface area contributed by atoms with Crippen molar-refractivity contribution in [1.82, 2.24) is 9.84 Å². The molecule has 20 heavy (non-hydrogen) atoms. The number of halogens is 1. The Morgan fingerprint density at radius 3 is 2.60 bits per heavy atom. The van der Waals surface area contributed by atoms with Gasteiger partial charge in [-0.25, -0.2) is 13.4 Å². The normalized spacial score (nSPS) is 17.1. The summed E-state index contributed by atoms with van der Waals surface area (Å²) in [5.41, 5.74) is -0.448. The first kappa shape index (κ1) is 15.1. The van der Waals surface area contributed by atoms with Gasteiger partial charge in [0.2, 0.25) is 0 Å². The van der Waals surface area contributed by atoms with E-state index in [1.165, 1.54) is 17.1 Å². The van der Waals surface area contributed by atoms with Crippen molar-refractivity contribution in [2.75, 3.05) is 26.3 Å². The Morgan fingerprint density at radius 2 is 2.00 bits per heavy atom. The van der Waals surface area contributed by atoms with Gasteiger partial charge in [-0.3, -0.25) is 10.1 Å². The average Bonchev–Trinajstić information content (AvgIpc) is 2.39. The molecule has 0 aromatic heterocycles. The molecule has 1 aliphatic rings. The Labute approximate surface area is 120 Å². The molecule has 0 spiro atoms. The highest BCUT2D eigenvalue weighted by molar-refractivity contribution is 7.89. The Morgan fingerprint density at radius 1 is 1.35 bits per heavy atom. The molecule has 1 N–H and O–H groups in total. The lowest BCUT2D eigenvalue weighted by atomic mass is 10.3. The summed E-state index contributed by atoms with van der Waals surface area (Å²) in [4.78, 5) is 12.2. The van der Waals surface area contributed by atoms with Gasteiger partial charge in [0.15, 0.2) is 0 Å². The second-order valence-corrected chi connectivity index (χ2v) is 6.13. The second kappa shape index (κ2) is 6.02. The van der Waals surface area contributed by atoms with Crippen LogP contribution >= 0.6 is 11.6 Å². The molecule has 0 radical (unpaired) electrons. The Balaban J connectivity index is 2.24. The SMILES string of the molecule is O=[N+]([O-])c1cc(S(=O)(=O)NN2CCOCC2)ccc1Cl. The topological polar surface area (TPSA) is 102 Å². The van der Waals surface area contributed by atoms with E-state index >= 15 is 0 Å². The largest absolute Gasteiger partial charge is 0.379 e. The maximum absolute atomic E-state index is 12.1. The number of hydrogen-bond donors (Lipinski definition) is 1. The molecule has 0 saturated carbocycles. The number of nitrogens with one attached hydrogen (secondary N) is 1. The van der Waals surface area contributed by atoms with E-state index in [-0.39, 0.29) is 9.92 Å². The molecule has 0 bridgehead atoms. The van der Waals surface area contributed by atoms with Crippen LogP contribution in [0.1, 0.15) is 0 Å².